The third-order valence-electron chi connectivity index (χ3n) is 3.11. The molecule has 0 aliphatic carbocycles. The summed E-state index contributed by atoms with van der Waals surface area (Å²) >= 11 is 3.08. The Morgan fingerprint density at radius 1 is 1.57 bits per heavy atom. The van der Waals surface area contributed by atoms with E-state index in [0.717, 1.165) is 0 Å². The maximum atomic E-state index is 11.9. The Hall–Kier alpha value is -1.71. The molecule has 1 fully saturated rings. The molecule has 0 aromatic carbocycles. The van der Waals surface area contributed by atoms with E-state index >= 15 is 0 Å². The van der Waals surface area contributed by atoms with Crippen LogP contribution in [-0.4, -0.2) is 35.0 Å². The summed E-state index contributed by atoms with van der Waals surface area (Å²) in [7, 11) is 0. The first-order chi connectivity index (χ1) is 10.9. The highest BCUT2D eigenvalue weighted by Gasteiger charge is 2.29. The second-order valence-electron chi connectivity index (χ2n) is 5.18. The van der Waals surface area contributed by atoms with E-state index in [1.54, 1.807) is 13.8 Å². The number of rotatable bonds is 5. The average Bonchev–Trinajstić information content (AvgIpc) is 2.96. The maximum Gasteiger partial charge on any atom is 0.330 e. The number of esters is 1. The molecule has 0 radical (unpaired) electrons. The molecule has 23 heavy (non-hydrogen) atoms. The number of hydrogen-bond donors (Lipinski definition) is 1. The minimum absolute atomic E-state index is 0.0558. The van der Waals surface area contributed by atoms with Crippen LogP contribution in [0.25, 0.3) is 6.08 Å². The average molecular weight is 389 g/mol. The number of aromatic nitrogens is 2. The molecule has 1 aliphatic heterocycles. The molecule has 2 atom stereocenters. The van der Waals surface area contributed by atoms with Crippen LogP contribution in [-0.2, 0) is 19.0 Å². The minimum Gasteiger partial charge on any atom is -0.460 e. The van der Waals surface area contributed by atoms with Crippen molar-refractivity contribution in [3.05, 3.63) is 37.6 Å². The quantitative estimate of drug-likeness (QED) is 0.754. The fourth-order valence-electron chi connectivity index (χ4n) is 1.89. The summed E-state index contributed by atoms with van der Waals surface area (Å²) in [5.41, 5.74) is -0.807. The molecule has 1 saturated heterocycles. The normalized spacial score (nSPS) is 21.2. The number of carbonyl (C=O) groups excluding carboxylic acids is 1. The van der Waals surface area contributed by atoms with Gasteiger partial charge in [0.05, 0.1) is 18.1 Å². The van der Waals surface area contributed by atoms with Gasteiger partial charge in [0.25, 0.3) is 5.56 Å². The third-order valence-corrected chi connectivity index (χ3v) is 3.38. The molecule has 2 unspecified atom stereocenters. The van der Waals surface area contributed by atoms with Gasteiger partial charge in [0.2, 0.25) is 0 Å². The van der Waals surface area contributed by atoms with Crippen molar-refractivity contribution >= 4 is 28.0 Å². The number of nitrogens with zero attached hydrogens (tertiary/aromatic N) is 1. The first-order valence-electron chi connectivity index (χ1n) is 6.98. The summed E-state index contributed by atoms with van der Waals surface area (Å²) in [6, 6.07) is 0. The Kier molecular flexibility index (Phi) is 5.91. The Morgan fingerprint density at radius 2 is 2.30 bits per heavy atom. The summed E-state index contributed by atoms with van der Waals surface area (Å²) in [4.78, 5) is 38.7. The molecule has 126 valence electrons. The van der Waals surface area contributed by atoms with Crippen LogP contribution in [0, 0.1) is 5.92 Å². The maximum absolute atomic E-state index is 11.9. The minimum atomic E-state index is -0.753. The fraction of sp³-hybridized carbons (Fsp3) is 0.500. The molecule has 0 bridgehead atoms. The zero-order chi connectivity index (χ0) is 17.0. The monoisotopic (exact) mass is 388 g/mol. The Balaban J connectivity index is 2.07. The zero-order valence-corrected chi connectivity index (χ0v) is 14.2. The lowest BCUT2D eigenvalue weighted by Gasteiger charge is -2.14. The molecule has 2 heterocycles. The molecule has 0 saturated carbocycles. The van der Waals surface area contributed by atoms with Gasteiger partial charge in [-0.25, -0.2) is 4.79 Å². The van der Waals surface area contributed by atoms with Crippen molar-refractivity contribution in [3.63, 3.8) is 0 Å². The van der Waals surface area contributed by atoms with Gasteiger partial charge in [-0.2, -0.15) is 0 Å². The third kappa shape index (κ3) is 4.40. The number of nitrogens with one attached hydrogen (secondary N) is 1. The van der Waals surface area contributed by atoms with Crippen molar-refractivity contribution in [2.75, 3.05) is 13.2 Å². The van der Waals surface area contributed by atoms with Crippen LogP contribution in [0.5, 0.6) is 0 Å². The number of carbonyl (C=O) groups is 1. The first kappa shape index (κ1) is 17.6. The lowest BCUT2D eigenvalue weighted by Crippen LogP contribution is -2.34. The molecule has 1 aromatic rings. The second-order valence-corrected chi connectivity index (χ2v) is 5.71. The second kappa shape index (κ2) is 7.71. The van der Waals surface area contributed by atoms with Crippen molar-refractivity contribution in [2.24, 2.45) is 5.92 Å². The van der Waals surface area contributed by atoms with E-state index in [9.17, 15) is 14.4 Å². The van der Waals surface area contributed by atoms with Gasteiger partial charge in [0.15, 0.2) is 12.5 Å². The Bertz CT molecular complexity index is 708. The largest absolute Gasteiger partial charge is 0.460 e. The molecule has 2 rings (SSSR count). The standard InChI is InChI=1S/C14H17BrN2O6/c1-8(2)13(19)22-7-11-21-6-10(23-11)17-5-9(3-4-15)12(18)16-14(17)20/h3-5,8,10-11H,6-7H2,1-2H3,(H,16,18,20)/b4-3+. The topological polar surface area (TPSA) is 99.6 Å². The lowest BCUT2D eigenvalue weighted by molar-refractivity contribution is -0.162. The van der Waals surface area contributed by atoms with E-state index in [0.29, 0.717) is 5.56 Å². The van der Waals surface area contributed by atoms with E-state index in [4.69, 9.17) is 14.2 Å². The predicted octanol–water partition coefficient (Wildman–Crippen LogP) is 0.973. The fourth-order valence-corrected chi connectivity index (χ4v) is 2.18. The lowest BCUT2D eigenvalue weighted by atomic mass is 10.2. The van der Waals surface area contributed by atoms with Gasteiger partial charge >= 0.3 is 11.7 Å². The number of aromatic amines is 1. The molecule has 9 heteroatoms. The summed E-state index contributed by atoms with van der Waals surface area (Å²) in [6.07, 6.45) is 1.43. The highest BCUT2D eigenvalue weighted by molar-refractivity contribution is 9.11. The van der Waals surface area contributed by atoms with Crippen molar-refractivity contribution in [3.8, 4) is 0 Å². The van der Waals surface area contributed by atoms with Crippen molar-refractivity contribution in [2.45, 2.75) is 26.4 Å². The van der Waals surface area contributed by atoms with Crippen LogP contribution in [0.1, 0.15) is 25.6 Å². The summed E-state index contributed by atoms with van der Waals surface area (Å²) in [5, 5.41) is 0. The number of H-pyrrole nitrogens is 1. The van der Waals surface area contributed by atoms with Crippen LogP contribution >= 0.6 is 15.9 Å². The molecule has 0 spiro atoms. The smallest absolute Gasteiger partial charge is 0.330 e. The van der Waals surface area contributed by atoms with Crippen molar-refractivity contribution in [1.29, 1.82) is 0 Å². The highest BCUT2D eigenvalue weighted by atomic mass is 79.9. The molecule has 8 nitrogen and oxygen atoms in total. The Labute approximate surface area is 140 Å². The summed E-state index contributed by atoms with van der Waals surface area (Å²) < 4.78 is 17.2. The number of halogens is 1. The van der Waals surface area contributed by atoms with Gasteiger partial charge in [0, 0.05) is 6.20 Å². The molecule has 1 aliphatic rings. The van der Waals surface area contributed by atoms with E-state index < -0.39 is 23.8 Å². The molecular weight excluding hydrogens is 372 g/mol. The van der Waals surface area contributed by atoms with Gasteiger partial charge in [0.1, 0.15) is 6.61 Å². The SMILES string of the molecule is CC(C)C(=O)OCC1OCC(n2cc(/C=C/Br)c(=O)[nH]c2=O)O1. The van der Waals surface area contributed by atoms with Crippen LogP contribution in [0.2, 0.25) is 0 Å². The van der Waals surface area contributed by atoms with Gasteiger partial charge in [-0.05, 0) is 11.1 Å². The summed E-state index contributed by atoms with van der Waals surface area (Å²) in [5.74, 6) is -0.598. The van der Waals surface area contributed by atoms with E-state index in [1.165, 1.54) is 21.8 Å². The van der Waals surface area contributed by atoms with Gasteiger partial charge in [-0.15, -0.1) is 0 Å². The van der Waals surface area contributed by atoms with Crippen LogP contribution in [0.4, 0.5) is 0 Å². The van der Waals surface area contributed by atoms with E-state index in [1.807, 2.05) is 0 Å². The first-order valence-corrected chi connectivity index (χ1v) is 7.90. The van der Waals surface area contributed by atoms with Crippen LogP contribution in [0.3, 0.4) is 0 Å². The molecule has 0 amide bonds. The number of hydrogen-bond acceptors (Lipinski definition) is 6. The molecule has 1 aromatic heterocycles. The summed E-state index contributed by atoms with van der Waals surface area (Å²) in [6.45, 7) is 3.49. The highest BCUT2D eigenvalue weighted by Crippen LogP contribution is 2.20. The van der Waals surface area contributed by atoms with Crippen LogP contribution < -0.4 is 11.2 Å². The van der Waals surface area contributed by atoms with E-state index in [-0.39, 0.29) is 25.1 Å². The van der Waals surface area contributed by atoms with Crippen LogP contribution in [0.15, 0.2) is 20.8 Å². The number of ether oxygens (including phenoxy) is 3. The van der Waals surface area contributed by atoms with Crippen molar-refractivity contribution < 1.29 is 19.0 Å². The molecular formula is C14H17BrN2O6. The van der Waals surface area contributed by atoms with Gasteiger partial charge in [-0.3, -0.25) is 19.1 Å². The van der Waals surface area contributed by atoms with Crippen molar-refractivity contribution in [1.82, 2.24) is 9.55 Å². The van der Waals surface area contributed by atoms with Gasteiger partial charge < -0.3 is 14.2 Å². The van der Waals surface area contributed by atoms with Gasteiger partial charge in [-0.1, -0.05) is 29.8 Å². The predicted molar refractivity (Wildman–Crippen MR) is 84.9 cm³/mol. The molecule has 1 N–H and O–H groups in total. The Morgan fingerprint density at radius 3 is 2.96 bits per heavy atom. The zero-order valence-electron chi connectivity index (χ0n) is 12.7. The van der Waals surface area contributed by atoms with E-state index in [2.05, 4.69) is 20.9 Å².